The molecule has 0 amide bonds. The van der Waals surface area contributed by atoms with E-state index in [1.54, 1.807) is 48.5 Å². The first-order valence-electron chi connectivity index (χ1n) is 9.94. The minimum Gasteiger partial charge on any atom is -0.438 e. The van der Waals surface area contributed by atoms with Gasteiger partial charge >= 0.3 is 0 Å². The lowest BCUT2D eigenvalue weighted by atomic mass is 10.1. The second kappa shape index (κ2) is 11.4. The number of halogens is 1. The first kappa shape index (κ1) is 23.4. The van der Waals surface area contributed by atoms with Gasteiger partial charge in [-0.05, 0) is 53.9 Å². The fourth-order valence-electron chi connectivity index (χ4n) is 3.11. The Labute approximate surface area is 190 Å². The number of rotatable bonds is 10. The van der Waals surface area contributed by atoms with Crippen LogP contribution in [0.2, 0.25) is 5.02 Å². The molecule has 0 saturated heterocycles. The highest BCUT2D eigenvalue weighted by molar-refractivity contribution is 6.30. The molecule has 0 aliphatic carbocycles. The molecule has 0 radical (unpaired) electrons. The minimum atomic E-state index is -0.748. The van der Waals surface area contributed by atoms with E-state index in [0.717, 1.165) is 5.56 Å². The van der Waals surface area contributed by atoms with Gasteiger partial charge in [-0.25, -0.2) is 4.98 Å². The van der Waals surface area contributed by atoms with Crippen LogP contribution in [0.15, 0.2) is 66.9 Å². The van der Waals surface area contributed by atoms with E-state index >= 15 is 0 Å². The van der Waals surface area contributed by atoms with E-state index in [1.807, 2.05) is 12.1 Å². The smallest absolute Gasteiger partial charge is 0.267 e. The number of carbonyl (C=O) groups excluding carboxylic acids is 1. The summed E-state index contributed by atoms with van der Waals surface area (Å²) in [6.45, 7) is 0.163. The number of aromatic nitrogens is 1. The van der Waals surface area contributed by atoms with Crippen molar-refractivity contribution < 1.29 is 19.7 Å². The molecule has 1 aromatic heterocycles. The van der Waals surface area contributed by atoms with Gasteiger partial charge in [-0.15, -0.1) is 0 Å². The van der Waals surface area contributed by atoms with E-state index in [2.05, 4.69) is 10.3 Å². The maximum Gasteiger partial charge on any atom is 0.267 e. The molecule has 0 spiro atoms. The third-order valence-electron chi connectivity index (χ3n) is 4.79. The summed E-state index contributed by atoms with van der Waals surface area (Å²) in [5, 5.41) is 32.6. The predicted octanol–water partition coefficient (Wildman–Crippen LogP) is 3.46. The summed E-state index contributed by atoms with van der Waals surface area (Å²) in [7, 11) is 0. The number of aliphatic hydroxyl groups is 2. The van der Waals surface area contributed by atoms with Crippen molar-refractivity contribution in [2.75, 3.05) is 13.2 Å². The van der Waals surface area contributed by atoms with Gasteiger partial charge in [0.1, 0.15) is 11.8 Å². The lowest BCUT2D eigenvalue weighted by Gasteiger charge is -2.19. The molecule has 164 valence electrons. The molecule has 0 fully saturated rings. The van der Waals surface area contributed by atoms with Crippen LogP contribution in [0.3, 0.4) is 0 Å². The number of ketones is 1. The highest BCUT2D eigenvalue weighted by Gasteiger charge is 2.15. The largest absolute Gasteiger partial charge is 0.438 e. The zero-order valence-corrected chi connectivity index (χ0v) is 17.9. The Balaban J connectivity index is 1.58. The van der Waals surface area contributed by atoms with E-state index in [9.17, 15) is 15.0 Å². The van der Waals surface area contributed by atoms with Gasteiger partial charge in [0.05, 0.1) is 18.3 Å². The zero-order valence-electron chi connectivity index (χ0n) is 17.1. The number of nitriles is 1. The van der Waals surface area contributed by atoms with Gasteiger partial charge in [0.25, 0.3) is 5.78 Å². The lowest BCUT2D eigenvalue weighted by Crippen LogP contribution is -2.37. The summed E-state index contributed by atoms with van der Waals surface area (Å²) < 4.78 is 5.66. The summed E-state index contributed by atoms with van der Waals surface area (Å²) in [6.07, 6.45) is 1.26. The number of ether oxygens (including phenoxy) is 1. The summed E-state index contributed by atoms with van der Waals surface area (Å²) in [5.74, 6) is -0.192. The fourth-order valence-corrected chi connectivity index (χ4v) is 3.30. The Morgan fingerprint density at radius 3 is 2.66 bits per heavy atom. The standard InChI is InChI=1S/C24H22ClN3O4/c25-18-4-1-3-17(12-18)23(31)14-28-19(15-29)11-16-6-8-20(9-7-16)32-24-21(22(30)13-26)5-2-10-27-24/h1-10,12,19,23,28-29,31H,11,14-15H2. The van der Waals surface area contributed by atoms with E-state index in [4.69, 9.17) is 21.6 Å². The first-order chi connectivity index (χ1) is 15.5. The van der Waals surface area contributed by atoms with Crippen molar-refractivity contribution in [3.8, 4) is 17.7 Å². The van der Waals surface area contributed by atoms with Crippen molar-refractivity contribution in [2.45, 2.75) is 18.6 Å². The van der Waals surface area contributed by atoms with Crippen LogP contribution >= 0.6 is 11.6 Å². The molecular weight excluding hydrogens is 430 g/mol. The fraction of sp³-hybridized carbons (Fsp3) is 0.208. The Morgan fingerprint density at radius 1 is 1.19 bits per heavy atom. The number of aliphatic hydroxyl groups excluding tert-OH is 2. The monoisotopic (exact) mass is 451 g/mol. The Kier molecular flexibility index (Phi) is 8.31. The highest BCUT2D eigenvalue weighted by atomic mass is 35.5. The first-order valence-corrected chi connectivity index (χ1v) is 10.3. The quantitative estimate of drug-likeness (QED) is 0.319. The number of nitrogens with zero attached hydrogens (tertiary/aromatic N) is 2. The van der Waals surface area contributed by atoms with Gasteiger partial charge < -0.3 is 20.3 Å². The average Bonchev–Trinajstić information content (AvgIpc) is 2.82. The number of hydrogen-bond donors (Lipinski definition) is 3. The molecule has 0 bridgehead atoms. The Bertz CT molecular complexity index is 1100. The van der Waals surface area contributed by atoms with Crippen molar-refractivity contribution in [1.29, 1.82) is 5.26 Å². The molecule has 0 saturated carbocycles. The van der Waals surface area contributed by atoms with Gasteiger partial charge in [0, 0.05) is 23.8 Å². The van der Waals surface area contributed by atoms with Crippen LogP contribution in [0.25, 0.3) is 0 Å². The molecule has 2 atom stereocenters. The lowest BCUT2D eigenvalue weighted by molar-refractivity contribution is 0.105. The van der Waals surface area contributed by atoms with Crippen molar-refractivity contribution in [1.82, 2.24) is 10.3 Å². The summed E-state index contributed by atoms with van der Waals surface area (Å²) in [6, 6.07) is 18.5. The summed E-state index contributed by atoms with van der Waals surface area (Å²) in [5.41, 5.74) is 1.74. The summed E-state index contributed by atoms with van der Waals surface area (Å²) in [4.78, 5) is 15.7. The maximum absolute atomic E-state index is 11.7. The van der Waals surface area contributed by atoms with Crippen LogP contribution in [0.4, 0.5) is 0 Å². The Morgan fingerprint density at radius 2 is 1.97 bits per heavy atom. The van der Waals surface area contributed by atoms with Gasteiger partial charge in [-0.3, -0.25) is 4.79 Å². The molecule has 3 rings (SSSR count). The second-order valence-electron chi connectivity index (χ2n) is 7.11. The Hall–Kier alpha value is -3.28. The molecule has 2 aromatic carbocycles. The topological polar surface area (TPSA) is 115 Å². The SMILES string of the molecule is N#CC(=O)c1cccnc1Oc1ccc(CC(CO)NCC(O)c2cccc(Cl)c2)cc1. The van der Waals surface area contributed by atoms with Crippen molar-refractivity contribution in [3.63, 3.8) is 0 Å². The number of Topliss-reactive ketones (excluding diaryl/α,β-unsaturated/α-hetero) is 1. The summed E-state index contributed by atoms with van der Waals surface area (Å²) >= 11 is 5.96. The normalized spacial score (nSPS) is 12.6. The molecule has 1 heterocycles. The minimum absolute atomic E-state index is 0.0664. The maximum atomic E-state index is 11.7. The third-order valence-corrected chi connectivity index (χ3v) is 5.03. The number of pyridine rings is 1. The molecule has 32 heavy (non-hydrogen) atoms. The second-order valence-corrected chi connectivity index (χ2v) is 7.54. The molecule has 8 heteroatoms. The predicted molar refractivity (Wildman–Crippen MR) is 120 cm³/mol. The van der Waals surface area contributed by atoms with Crippen LogP contribution in [0, 0.1) is 11.3 Å². The molecule has 7 nitrogen and oxygen atoms in total. The van der Waals surface area contributed by atoms with E-state index < -0.39 is 11.9 Å². The van der Waals surface area contributed by atoms with Crippen LogP contribution in [0.5, 0.6) is 11.6 Å². The molecule has 0 aliphatic rings. The van der Waals surface area contributed by atoms with Gasteiger partial charge in [0.2, 0.25) is 5.88 Å². The number of carbonyl (C=O) groups is 1. The van der Waals surface area contributed by atoms with Crippen LogP contribution < -0.4 is 10.1 Å². The molecule has 2 unspecified atom stereocenters. The molecule has 3 N–H and O–H groups in total. The number of hydrogen-bond acceptors (Lipinski definition) is 7. The zero-order chi connectivity index (χ0) is 22.9. The van der Waals surface area contributed by atoms with Crippen LogP contribution in [0.1, 0.15) is 27.6 Å². The van der Waals surface area contributed by atoms with E-state index in [1.165, 1.54) is 12.3 Å². The van der Waals surface area contributed by atoms with Gasteiger partial charge in [-0.1, -0.05) is 35.9 Å². The van der Waals surface area contributed by atoms with E-state index in [-0.39, 0.29) is 30.6 Å². The van der Waals surface area contributed by atoms with Crippen molar-refractivity contribution in [3.05, 3.63) is 88.6 Å². The van der Waals surface area contributed by atoms with Crippen LogP contribution in [-0.2, 0) is 6.42 Å². The number of nitrogens with one attached hydrogen (secondary N) is 1. The van der Waals surface area contributed by atoms with Crippen molar-refractivity contribution >= 4 is 17.4 Å². The van der Waals surface area contributed by atoms with Gasteiger partial charge in [-0.2, -0.15) is 5.26 Å². The molecule has 3 aromatic rings. The van der Waals surface area contributed by atoms with Crippen LogP contribution in [-0.4, -0.2) is 40.2 Å². The average molecular weight is 452 g/mol. The van der Waals surface area contributed by atoms with Crippen molar-refractivity contribution in [2.24, 2.45) is 0 Å². The highest BCUT2D eigenvalue weighted by Crippen LogP contribution is 2.24. The van der Waals surface area contributed by atoms with Gasteiger partial charge in [0.15, 0.2) is 0 Å². The number of benzene rings is 2. The molecular formula is C24H22ClN3O4. The molecule has 0 aliphatic heterocycles. The van der Waals surface area contributed by atoms with E-state index in [0.29, 0.717) is 22.8 Å². The third kappa shape index (κ3) is 6.36.